The molecule has 0 saturated carbocycles. The van der Waals surface area contributed by atoms with Crippen molar-refractivity contribution < 1.29 is 0 Å². The molecule has 206 valence electrons. The Morgan fingerprint density at radius 3 is 1.59 bits per heavy atom. The van der Waals surface area contributed by atoms with Crippen molar-refractivity contribution in [2.45, 2.75) is 0 Å². The van der Waals surface area contributed by atoms with E-state index in [1.807, 2.05) is 36.8 Å². The second-order valence-corrected chi connectivity index (χ2v) is 10.8. The summed E-state index contributed by atoms with van der Waals surface area (Å²) in [4.78, 5) is 18.8. The summed E-state index contributed by atoms with van der Waals surface area (Å²) in [5.74, 6) is 0.703. The predicted molar refractivity (Wildman–Crippen MR) is 180 cm³/mol. The Bertz CT molecular complexity index is 2140. The molecule has 5 aromatic carbocycles. The molecule has 0 saturated heterocycles. The summed E-state index contributed by atoms with van der Waals surface area (Å²) < 4.78 is 0. The monoisotopic (exact) mass is 562 g/mol. The van der Waals surface area contributed by atoms with Gasteiger partial charge in [0.1, 0.15) is 0 Å². The van der Waals surface area contributed by atoms with E-state index in [-0.39, 0.29) is 0 Å². The molecule has 0 aliphatic heterocycles. The van der Waals surface area contributed by atoms with Gasteiger partial charge in [0.2, 0.25) is 0 Å². The Morgan fingerprint density at radius 1 is 0.364 bits per heavy atom. The molecule has 0 unspecified atom stereocenters. The topological polar surface area (TPSA) is 51.6 Å². The smallest absolute Gasteiger partial charge is 0.161 e. The fourth-order valence-corrected chi connectivity index (χ4v) is 5.85. The third-order valence-corrected chi connectivity index (χ3v) is 8.10. The first-order valence-corrected chi connectivity index (χ1v) is 14.6. The van der Waals surface area contributed by atoms with Crippen LogP contribution in [0, 0.1) is 0 Å². The lowest BCUT2D eigenvalue weighted by molar-refractivity contribution is 1.19. The number of pyridine rings is 2. The van der Waals surface area contributed by atoms with E-state index < -0.39 is 0 Å². The zero-order valence-corrected chi connectivity index (χ0v) is 23.8. The summed E-state index contributed by atoms with van der Waals surface area (Å²) in [6.45, 7) is 0. The van der Waals surface area contributed by atoms with Gasteiger partial charge in [-0.05, 0) is 74.1 Å². The van der Waals surface area contributed by atoms with Crippen molar-refractivity contribution >= 4 is 21.5 Å². The van der Waals surface area contributed by atoms with Crippen molar-refractivity contribution in [3.63, 3.8) is 0 Å². The normalized spacial score (nSPS) is 11.2. The highest BCUT2D eigenvalue weighted by atomic mass is 14.9. The maximum Gasteiger partial charge on any atom is 0.161 e. The molecule has 0 N–H and O–H groups in total. The van der Waals surface area contributed by atoms with Crippen molar-refractivity contribution in [3.8, 4) is 56.2 Å². The SMILES string of the molecule is c1cncc(-c2ccc(-c3cc(-c4ccc(-c5ccncc5)cc4)nc(-c4cc5ccccc5c5ccccc45)n3)cc2)c1. The standard InChI is InChI=1S/C40H26N4/c1-2-8-34-32(6-1)24-37(36-10-4-3-9-35(34)36)40-43-38(30-15-11-27(12-16-30)29-19-22-41-23-20-29)25-39(44-40)31-17-13-28(14-18-31)33-7-5-21-42-26-33/h1-26H. The predicted octanol–water partition coefficient (Wildman–Crippen LogP) is 9.91. The van der Waals surface area contributed by atoms with E-state index in [9.17, 15) is 0 Å². The van der Waals surface area contributed by atoms with Gasteiger partial charge in [0.15, 0.2) is 5.82 Å². The summed E-state index contributed by atoms with van der Waals surface area (Å²) in [6.07, 6.45) is 7.32. The molecule has 0 radical (unpaired) electrons. The second kappa shape index (κ2) is 11.0. The van der Waals surface area contributed by atoms with Gasteiger partial charge in [-0.1, -0.05) is 103 Å². The molecule has 8 aromatic rings. The van der Waals surface area contributed by atoms with Crippen LogP contribution in [-0.2, 0) is 0 Å². The molecule has 0 aliphatic carbocycles. The first kappa shape index (κ1) is 25.7. The largest absolute Gasteiger partial charge is 0.265 e. The Hall–Kier alpha value is -6.00. The summed E-state index contributed by atoms with van der Waals surface area (Å²) in [5.41, 5.74) is 9.29. The molecule has 44 heavy (non-hydrogen) atoms. The van der Waals surface area contributed by atoms with E-state index in [1.165, 1.54) is 16.2 Å². The molecule has 0 bridgehead atoms. The zero-order valence-electron chi connectivity index (χ0n) is 23.8. The van der Waals surface area contributed by atoms with Crippen LogP contribution in [0.15, 0.2) is 158 Å². The van der Waals surface area contributed by atoms with Crippen molar-refractivity contribution in [1.82, 2.24) is 19.9 Å². The number of hydrogen-bond acceptors (Lipinski definition) is 4. The third-order valence-electron chi connectivity index (χ3n) is 8.10. The molecule has 4 heteroatoms. The quantitative estimate of drug-likeness (QED) is 0.196. The first-order valence-electron chi connectivity index (χ1n) is 14.6. The highest BCUT2D eigenvalue weighted by Gasteiger charge is 2.15. The van der Waals surface area contributed by atoms with Gasteiger partial charge < -0.3 is 0 Å². The molecule has 8 rings (SSSR count). The Labute approximate surface area is 255 Å². The van der Waals surface area contributed by atoms with E-state index in [1.54, 1.807) is 6.20 Å². The lowest BCUT2D eigenvalue weighted by atomic mass is 9.96. The minimum Gasteiger partial charge on any atom is -0.265 e. The minimum absolute atomic E-state index is 0.703. The van der Waals surface area contributed by atoms with Crippen LogP contribution in [-0.4, -0.2) is 19.9 Å². The van der Waals surface area contributed by atoms with Crippen molar-refractivity contribution in [3.05, 3.63) is 158 Å². The molecule has 0 atom stereocenters. The van der Waals surface area contributed by atoms with Crippen molar-refractivity contribution in [2.24, 2.45) is 0 Å². The van der Waals surface area contributed by atoms with Gasteiger partial charge in [0.25, 0.3) is 0 Å². The van der Waals surface area contributed by atoms with E-state index >= 15 is 0 Å². The molecule has 3 heterocycles. The van der Waals surface area contributed by atoms with E-state index in [4.69, 9.17) is 9.97 Å². The molecular weight excluding hydrogens is 536 g/mol. The average Bonchev–Trinajstić information content (AvgIpc) is 3.12. The van der Waals surface area contributed by atoms with Gasteiger partial charge in [-0.2, -0.15) is 0 Å². The van der Waals surface area contributed by atoms with Gasteiger partial charge in [0, 0.05) is 41.5 Å². The molecule has 0 fully saturated rings. The Balaban J connectivity index is 1.30. The van der Waals surface area contributed by atoms with E-state index in [0.29, 0.717) is 5.82 Å². The van der Waals surface area contributed by atoms with Crippen LogP contribution in [0.1, 0.15) is 0 Å². The molecular formula is C40H26N4. The third kappa shape index (κ3) is 4.79. The van der Waals surface area contributed by atoms with E-state index in [0.717, 1.165) is 55.7 Å². The van der Waals surface area contributed by atoms with Gasteiger partial charge in [-0.25, -0.2) is 9.97 Å². The van der Waals surface area contributed by atoms with Crippen LogP contribution in [0.4, 0.5) is 0 Å². The summed E-state index contributed by atoms with van der Waals surface area (Å²) in [6, 6.07) is 46.5. The maximum absolute atomic E-state index is 5.19. The molecule has 3 aromatic heterocycles. The number of benzene rings is 5. The zero-order chi connectivity index (χ0) is 29.3. The highest BCUT2D eigenvalue weighted by molar-refractivity contribution is 6.13. The van der Waals surface area contributed by atoms with Gasteiger partial charge in [0.05, 0.1) is 11.4 Å². The lowest BCUT2D eigenvalue weighted by Gasteiger charge is -2.13. The van der Waals surface area contributed by atoms with Gasteiger partial charge in [-0.3, -0.25) is 9.97 Å². The lowest BCUT2D eigenvalue weighted by Crippen LogP contribution is -1.97. The maximum atomic E-state index is 5.19. The van der Waals surface area contributed by atoms with Crippen LogP contribution in [0.2, 0.25) is 0 Å². The fraction of sp³-hybridized carbons (Fsp3) is 0. The molecule has 0 spiro atoms. The van der Waals surface area contributed by atoms with Crippen molar-refractivity contribution in [2.75, 3.05) is 0 Å². The molecule has 4 nitrogen and oxygen atoms in total. The van der Waals surface area contributed by atoms with Crippen LogP contribution in [0.5, 0.6) is 0 Å². The average molecular weight is 563 g/mol. The van der Waals surface area contributed by atoms with Crippen LogP contribution in [0.3, 0.4) is 0 Å². The molecule has 0 aliphatic rings. The summed E-state index contributed by atoms with van der Waals surface area (Å²) in [7, 11) is 0. The first-order chi connectivity index (χ1) is 21.8. The van der Waals surface area contributed by atoms with Crippen LogP contribution >= 0.6 is 0 Å². The van der Waals surface area contributed by atoms with Gasteiger partial charge in [-0.15, -0.1) is 0 Å². The number of fused-ring (bicyclic) bond motifs is 3. The van der Waals surface area contributed by atoms with Gasteiger partial charge >= 0.3 is 0 Å². The van der Waals surface area contributed by atoms with Crippen LogP contribution in [0.25, 0.3) is 77.7 Å². The number of aromatic nitrogens is 4. The number of nitrogens with zero attached hydrogens (tertiary/aromatic N) is 4. The van der Waals surface area contributed by atoms with Crippen molar-refractivity contribution in [1.29, 1.82) is 0 Å². The molecule has 0 amide bonds. The number of hydrogen-bond donors (Lipinski definition) is 0. The minimum atomic E-state index is 0.703. The second-order valence-electron chi connectivity index (χ2n) is 10.8. The van der Waals surface area contributed by atoms with E-state index in [2.05, 4.69) is 125 Å². The fourth-order valence-electron chi connectivity index (χ4n) is 5.85. The Morgan fingerprint density at radius 2 is 0.932 bits per heavy atom. The summed E-state index contributed by atoms with van der Waals surface area (Å²) >= 11 is 0. The Kier molecular flexibility index (Phi) is 6.43. The van der Waals surface area contributed by atoms with Crippen LogP contribution < -0.4 is 0 Å². The number of rotatable bonds is 5. The highest BCUT2D eigenvalue weighted by Crippen LogP contribution is 2.36. The summed E-state index contributed by atoms with van der Waals surface area (Å²) in [5, 5.41) is 4.72.